The van der Waals surface area contributed by atoms with Crippen LogP contribution < -0.4 is 9.38 Å². The van der Waals surface area contributed by atoms with E-state index in [1.54, 1.807) is 0 Å². The number of para-hydroxylation sites is 3. The lowest BCUT2D eigenvalue weighted by atomic mass is 9.63. The van der Waals surface area contributed by atoms with Crippen molar-refractivity contribution in [2.75, 3.05) is 0 Å². The van der Waals surface area contributed by atoms with Crippen molar-refractivity contribution in [1.82, 2.24) is 19.1 Å². The van der Waals surface area contributed by atoms with Crippen LogP contribution in [0.2, 0.25) is 0 Å². The number of fused-ring (bicyclic) bond motifs is 18. The SMILES string of the molecule is c1ccc2c(c1)-c1ccccc1C21c2ccc3c4c2[N+]2(c5c1ccc1c6cccnc6n6c7ccccc7[n+]2c6c51)[N+]1=C4C(CCc2ncccc2-3)c2ccccc21. The molecule has 16 rings (SSSR count). The van der Waals surface area contributed by atoms with Crippen molar-refractivity contribution in [2.24, 2.45) is 0 Å². The van der Waals surface area contributed by atoms with Gasteiger partial charge in [0.25, 0.3) is 22.8 Å². The first-order valence-electron chi connectivity index (χ1n) is 20.5. The fourth-order valence-electron chi connectivity index (χ4n) is 13.0. The molecule has 4 aliphatic heterocycles. The maximum atomic E-state index is 5.18. The fraction of sp³-hybridized carbons (Fsp3) is 0.0769. The minimum absolute atomic E-state index is 0.200. The summed E-state index contributed by atoms with van der Waals surface area (Å²) in [5, 5.41) is 3.72. The van der Waals surface area contributed by atoms with E-state index in [1.165, 1.54) is 117 Å². The van der Waals surface area contributed by atoms with Crippen molar-refractivity contribution >= 4 is 61.3 Å². The zero-order chi connectivity index (χ0) is 37.2. The lowest BCUT2D eigenvalue weighted by molar-refractivity contribution is -0.924. The largest absolute Gasteiger partial charge is 0.361 e. The van der Waals surface area contributed by atoms with Crippen molar-refractivity contribution in [2.45, 2.75) is 24.2 Å². The predicted octanol–water partition coefficient (Wildman–Crippen LogP) is 10.3. The normalized spacial score (nSPS) is 19.9. The van der Waals surface area contributed by atoms with Crippen molar-refractivity contribution in [3.8, 4) is 22.3 Å². The number of imidazole rings is 1. The van der Waals surface area contributed by atoms with E-state index in [0.29, 0.717) is 4.70 Å². The van der Waals surface area contributed by atoms with E-state index in [-0.39, 0.29) is 5.92 Å². The molecule has 6 aromatic carbocycles. The van der Waals surface area contributed by atoms with E-state index in [1.807, 2.05) is 12.4 Å². The number of aromatic nitrogens is 4. The summed E-state index contributed by atoms with van der Waals surface area (Å²) in [5.41, 5.74) is 23.9. The van der Waals surface area contributed by atoms with Crippen LogP contribution in [0.4, 0.5) is 17.1 Å². The molecule has 0 fully saturated rings. The highest BCUT2D eigenvalue weighted by Crippen LogP contribution is 2.70. The maximum absolute atomic E-state index is 5.18. The number of benzene rings is 6. The van der Waals surface area contributed by atoms with Crippen LogP contribution >= 0.6 is 0 Å². The van der Waals surface area contributed by atoms with Crippen molar-refractivity contribution in [3.63, 3.8) is 0 Å². The lowest BCUT2D eigenvalue weighted by Crippen LogP contribution is -2.71. The molecule has 0 amide bonds. The van der Waals surface area contributed by atoms with E-state index in [2.05, 4.69) is 159 Å². The topological polar surface area (TPSA) is 37.1 Å². The van der Waals surface area contributed by atoms with Crippen LogP contribution in [0, 0.1) is 0 Å². The Bertz CT molecular complexity index is 3680. The Labute approximate surface area is 332 Å². The molecule has 2 spiro atoms. The molecule has 0 bridgehead atoms. The van der Waals surface area contributed by atoms with Crippen LogP contribution in [0.15, 0.2) is 158 Å². The fourth-order valence-corrected chi connectivity index (χ4v) is 13.0. The predicted molar refractivity (Wildman–Crippen MR) is 227 cm³/mol. The van der Waals surface area contributed by atoms with Gasteiger partial charge in [0.1, 0.15) is 10.3 Å². The molecule has 2 aliphatic carbocycles. The first-order valence-corrected chi connectivity index (χ1v) is 20.5. The van der Waals surface area contributed by atoms with Gasteiger partial charge < -0.3 is 0 Å². The van der Waals surface area contributed by atoms with E-state index < -0.39 is 5.41 Å². The number of hydrogen-bond donors (Lipinski definition) is 0. The average molecular weight is 740 g/mol. The van der Waals surface area contributed by atoms with Gasteiger partial charge in [-0.15, -0.1) is 0 Å². The van der Waals surface area contributed by atoms with Gasteiger partial charge in [-0.1, -0.05) is 109 Å². The molecule has 10 aromatic rings. The van der Waals surface area contributed by atoms with Gasteiger partial charge in [-0.05, 0) is 65.4 Å². The third-order valence-electron chi connectivity index (χ3n) is 14.8. The molecule has 4 aromatic heterocycles. The highest BCUT2D eigenvalue weighted by molar-refractivity contribution is 6.22. The van der Waals surface area contributed by atoms with Gasteiger partial charge in [0.2, 0.25) is 11.2 Å². The van der Waals surface area contributed by atoms with Crippen LogP contribution in [0.3, 0.4) is 0 Å². The molecule has 2 unspecified atom stereocenters. The molecule has 58 heavy (non-hydrogen) atoms. The second-order valence-electron chi connectivity index (χ2n) is 16.9. The Morgan fingerprint density at radius 3 is 2.22 bits per heavy atom. The Morgan fingerprint density at radius 1 is 0.603 bits per heavy atom. The molecule has 0 saturated carbocycles. The Balaban J connectivity index is 1.25. The van der Waals surface area contributed by atoms with Gasteiger partial charge in [0.15, 0.2) is 10.9 Å². The first kappa shape index (κ1) is 29.0. The van der Waals surface area contributed by atoms with E-state index in [0.717, 1.165) is 18.5 Å². The number of aryl methyl sites for hydroxylation is 1. The number of hydrogen-bond acceptors (Lipinski definition) is 2. The van der Waals surface area contributed by atoms with Crippen LogP contribution in [0.25, 0.3) is 60.7 Å². The first-order chi connectivity index (χ1) is 28.8. The lowest BCUT2D eigenvalue weighted by Gasteiger charge is -2.40. The Kier molecular flexibility index (Phi) is 4.65. The van der Waals surface area contributed by atoms with Gasteiger partial charge in [-0.3, -0.25) is 4.98 Å². The highest BCUT2D eigenvalue weighted by Gasteiger charge is 2.77. The summed E-state index contributed by atoms with van der Waals surface area (Å²) in [6.07, 6.45) is 5.84. The van der Waals surface area contributed by atoms with Gasteiger partial charge in [-0.25, -0.2) is 4.98 Å². The minimum Gasteiger partial charge on any atom is -0.261 e. The number of nitrogens with zero attached hydrogens (tertiary/aromatic N) is 6. The van der Waals surface area contributed by atoms with Crippen LogP contribution in [0.1, 0.15) is 51.4 Å². The molecule has 0 saturated heterocycles. The van der Waals surface area contributed by atoms with Gasteiger partial charge >= 0.3 is 5.65 Å². The summed E-state index contributed by atoms with van der Waals surface area (Å²) in [6, 6.07) is 55.4. The standard InChI is InChI=1S/C52H31N6/c1-4-16-37-29(11-1)30-12-2-5-17-38(30)52(37)39-24-21-33-31-14-9-27-53-41(31)26-23-35-32-13-3-6-18-42(32)56-47(35)45(33)48(39)58(56)49-40(52)25-22-34-36-15-10-28-54-50(36)55-43-19-7-8-20-44(43)57(58)51(55)46(34)49/h1-22,24-25,27-28,35H,23,26H2/q+3. The third kappa shape index (κ3) is 2.73. The number of rotatable bonds is 0. The number of pyridine rings is 3. The second kappa shape index (κ2) is 9.29. The van der Waals surface area contributed by atoms with Crippen molar-refractivity contribution in [1.29, 1.82) is 0 Å². The molecule has 6 nitrogen and oxygen atoms in total. The van der Waals surface area contributed by atoms with E-state index in [4.69, 9.17) is 9.97 Å². The average Bonchev–Trinajstić information content (AvgIpc) is 4.04. The third-order valence-corrected chi connectivity index (χ3v) is 14.8. The molecule has 6 heteroatoms. The molecule has 2 atom stereocenters. The zero-order valence-electron chi connectivity index (χ0n) is 31.2. The summed E-state index contributed by atoms with van der Waals surface area (Å²) in [4.78, 5) is 10.3. The molecular formula is C52H31N6+3. The summed E-state index contributed by atoms with van der Waals surface area (Å²) in [7, 11) is 0. The van der Waals surface area contributed by atoms with Gasteiger partial charge in [0, 0.05) is 66.7 Å². The molecule has 266 valence electrons. The zero-order valence-corrected chi connectivity index (χ0v) is 31.2. The summed E-state index contributed by atoms with van der Waals surface area (Å²) in [5.74, 6) is 0.200. The maximum Gasteiger partial charge on any atom is 0.361 e. The second-order valence-corrected chi connectivity index (χ2v) is 16.9. The summed E-state index contributed by atoms with van der Waals surface area (Å²) < 4.78 is 8.38. The number of quaternary nitrogens is 1. The Morgan fingerprint density at radius 2 is 1.33 bits per heavy atom. The Hall–Kier alpha value is -7.28. The van der Waals surface area contributed by atoms with Crippen LogP contribution in [-0.4, -0.2) is 24.8 Å². The smallest absolute Gasteiger partial charge is 0.261 e. The monoisotopic (exact) mass is 739 g/mol. The molecule has 6 aliphatic rings. The summed E-state index contributed by atoms with van der Waals surface area (Å²) in [6.45, 7) is 0. The van der Waals surface area contributed by atoms with Gasteiger partial charge in [-0.2, -0.15) is 4.40 Å². The van der Waals surface area contributed by atoms with E-state index >= 15 is 0 Å². The summed E-state index contributed by atoms with van der Waals surface area (Å²) >= 11 is 0. The van der Waals surface area contributed by atoms with Gasteiger partial charge in [0.05, 0.1) is 16.7 Å². The molecule has 0 N–H and O–H groups in total. The van der Waals surface area contributed by atoms with Crippen molar-refractivity contribution < 1.29 is 9.36 Å². The minimum atomic E-state index is -0.557. The quantitative estimate of drug-likeness (QED) is 0.0882. The van der Waals surface area contributed by atoms with Crippen LogP contribution in [-0.2, 0) is 11.8 Å². The van der Waals surface area contributed by atoms with E-state index in [9.17, 15) is 0 Å². The molecule has 0 radical (unpaired) electrons. The van der Waals surface area contributed by atoms with Crippen molar-refractivity contribution in [3.05, 3.63) is 197 Å². The van der Waals surface area contributed by atoms with Crippen LogP contribution in [0.5, 0.6) is 0 Å². The molecule has 8 heterocycles. The highest BCUT2D eigenvalue weighted by atomic mass is 15.9. The molecular weight excluding hydrogens is 709 g/mol.